The zero-order valence-electron chi connectivity index (χ0n) is 17.7. The molecule has 1 amide bonds. The zero-order valence-corrected chi connectivity index (χ0v) is 19.3. The van der Waals surface area contributed by atoms with Crippen LogP contribution in [0.1, 0.15) is 17.3 Å². The third kappa shape index (κ3) is 5.57. The largest absolute Gasteiger partial charge is 0.494 e. The number of thiazole rings is 1. The summed E-state index contributed by atoms with van der Waals surface area (Å²) in [5.41, 5.74) is 2.29. The van der Waals surface area contributed by atoms with Gasteiger partial charge in [-0.3, -0.25) is 9.52 Å². The zero-order chi connectivity index (χ0) is 23.3. The highest BCUT2D eigenvalue weighted by molar-refractivity contribution is 7.92. The van der Waals surface area contributed by atoms with Gasteiger partial charge in [0.25, 0.3) is 15.9 Å². The number of nitrogens with zero attached hydrogens (tertiary/aromatic N) is 1. The number of amides is 1. The van der Waals surface area contributed by atoms with Crippen LogP contribution in [0.15, 0.2) is 89.3 Å². The van der Waals surface area contributed by atoms with Crippen molar-refractivity contribution in [2.45, 2.75) is 11.8 Å². The molecule has 0 spiro atoms. The molecule has 0 unspecified atom stereocenters. The number of carbonyl (C=O) groups is 1. The topological polar surface area (TPSA) is 97.4 Å². The second-order valence-corrected chi connectivity index (χ2v) is 9.54. The molecule has 4 aromatic rings. The van der Waals surface area contributed by atoms with Gasteiger partial charge in [0, 0.05) is 34.1 Å². The van der Waals surface area contributed by atoms with Crippen LogP contribution < -0.4 is 14.8 Å². The van der Waals surface area contributed by atoms with Crippen LogP contribution >= 0.6 is 11.3 Å². The van der Waals surface area contributed by atoms with Crippen molar-refractivity contribution in [2.75, 3.05) is 16.6 Å². The van der Waals surface area contributed by atoms with Gasteiger partial charge in [0.05, 0.1) is 11.5 Å². The SMILES string of the molecule is CCOc1ccc(NS(=O)(=O)c2ccc(C(=O)Nc3cccc(-c4nccs4)c3)cc2)cc1. The van der Waals surface area contributed by atoms with E-state index in [-0.39, 0.29) is 10.8 Å². The van der Waals surface area contributed by atoms with Gasteiger partial charge in [-0.05, 0) is 67.6 Å². The number of carbonyl (C=O) groups excluding carboxylic acids is 1. The fourth-order valence-corrected chi connectivity index (χ4v) is 4.78. The minimum absolute atomic E-state index is 0.0544. The van der Waals surface area contributed by atoms with Gasteiger partial charge in [-0.2, -0.15) is 0 Å². The van der Waals surface area contributed by atoms with E-state index in [0.717, 1.165) is 10.6 Å². The second-order valence-electron chi connectivity index (χ2n) is 6.96. The Bertz CT molecular complexity index is 1340. The molecule has 0 saturated heterocycles. The molecule has 1 aromatic heterocycles. The molecular weight excluding hydrogens is 458 g/mol. The molecule has 33 heavy (non-hydrogen) atoms. The van der Waals surface area contributed by atoms with Crippen molar-refractivity contribution in [2.24, 2.45) is 0 Å². The summed E-state index contributed by atoms with van der Waals surface area (Å²) in [5.74, 6) is 0.322. The molecule has 4 rings (SSSR count). The smallest absolute Gasteiger partial charge is 0.261 e. The number of aromatic nitrogens is 1. The summed E-state index contributed by atoms with van der Waals surface area (Å²) in [7, 11) is -3.80. The van der Waals surface area contributed by atoms with Gasteiger partial charge in [-0.15, -0.1) is 11.3 Å². The molecule has 168 valence electrons. The highest BCUT2D eigenvalue weighted by Crippen LogP contribution is 2.25. The van der Waals surface area contributed by atoms with Crippen LogP contribution in [0.4, 0.5) is 11.4 Å². The number of sulfonamides is 1. The first-order chi connectivity index (χ1) is 15.9. The molecule has 0 fully saturated rings. The van der Waals surface area contributed by atoms with Gasteiger partial charge in [0.2, 0.25) is 0 Å². The predicted octanol–water partition coefficient (Wildman–Crippen LogP) is 5.26. The molecule has 7 nitrogen and oxygen atoms in total. The molecule has 0 atom stereocenters. The van der Waals surface area contributed by atoms with Crippen LogP contribution in [-0.2, 0) is 10.0 Å². The number of hydrogen-bond acceptors (Lipinski definition) is 6. The van der Waals surface area contributed by atoms with E-state index in [0.29, 0.717) is 29.3 Å². The number of benzene rings is 3. The van der Waals surface area contributed by atoms with Gasteiger partial charge < -0.3 is 10.1 Å². The van der Waals surface area contributed by atoms with E-state index < -0.39 is 10.0 Å². The second kappa shape index (κ2) is 9.85. The van der Waals surface area contributed by atoms with Crippen molar-refractivity contribution in [3.8, 4) is 16.3 Å². The molecule has 0 aliphatic heterocycles. The van der Waals surface area contributed by atoms with Crippen molar-refractivity contribution >= 4 is 38.6 Å². The predicted molar refractivity (Wildman–Crippen MR) is 130 cm³/mol. The van der Waals surface area contributed by atoms with Crippen LogP contribution in [0, 0.1) is 0 Å². The molecule has 2 N–H and O–H groups in total. The number of rotatable bonds is 8. The molecule has 0 radical (unpaired) electrons. The molecule has 0 bridgehead atoms. The third-order valence-corrected chi connectivity index (χ3v) is 6.86. The molecule has 0 saturated carbocycles. The van der Waals surface area contributed by atoms with Crippen molar-refractivity contribution < 1.29 is 17.9 Å². The molecular formula is C24H21N3O4S2. The summed E-state index contributed by atoms with van der Waals surface area (Å²) < 4.78 is 33.3. The molecule has 3 aromatic carbocycles. The highest BCUT2D eigenvalue weighted by Gasteiger charge is 2.16. The van der Waals surface area contributed by atoms with Gasteiger partial charge in [-0.25, -0.2) is 13.4 Å². The summed E-state index contributed by atoms with van der Waals surface area (Å²) in [6, 6.07) is 19.8. The molecule has 9 heteroatoms. The Labute approximate surface area is 196 Å². The average molecular weight is 480 g/mol. The van der Waals surface area contributed by atoms with E-state index in [2.05, 4.69) is 15.0 Å². The average Bonchev–Trinajstić information content (AvgIpc) is 3.36. The lowest BCUT2D eigenvalue weighted by molar-refractivity contribution is 0.102. The fraction of sp³-hybridized carbons (Fsp3) is 0.0833. The van der Waals surface area contributed by atoms with Gasteiger partial charge in [0.1, 0.15) is 10.8 Å². The summed E-state index contributed by atoms with van der Waals surface area (Å²) in [4.78, 5) is 17.0. The Morgan fingerprint density at radius 3 is 2.42 bits per heavy atom. The lowest BCUT2D eigenvalue weighted by atomic mass is 10.2. The maximum absolute atomic E-state index is 12.7. The Hall–Kier alpha value is -3.69. The first-order valence-corrected chi connectivity index (χ1v) is 12.5. The number of anilines is 2. The quantitative estimate of drug-likeness (QED) is 0.359. The van der Waals surface area contributed by atoms with Crippen LogP contribution in [0.2, 0.25) is 0 Å². The van der Waals surface area contributed by atoms with E-state index in [4.69, 9.17) is 4.74 Å². The third-order valence-electron chi connectivity index (χ3n) is 4.64. The lowest BCUT2D eigenvalue weighted by Crippen LogP contribution is -2.15. The Morgan fingerprint density at radius 1 is 1.00 bits per heavy atom. The van der Waals surface area contributed by atoms with E-state index in [9.17, 15) is 13.2 Å². The summed E-state index contributed by atoms with van der Waals surface area (Å²) >= 11 is 1.51. The standard InChI is InChI=1S/C24H21N3O4S2/c1-2-31-21-10-8-19(9-11-21)27-33(29,30)22-12-6-17(7-13-22)23(28)26-20-5-3-4-18(16-20)24-25-14-15-32-24/h3-16,27H,2H2,1H3,(H,26,28). The highest BCUT2D eigenvalue weighted by atomic mass is 32.2. The lowest BCUT2D eigenvalue weighted by Gasteiger charge is -2.10. The molecule has 0 aliphatic carbocycles. The maximum atomic E-state index is 12.7. The Kier molecular flexibility index (Phi) is 6.71. The number of ether oxygens (including phenoxy) is 1. The number of hydrogen-bond donors (Lipinski definition) is 2. The molecule has 1 heterocycles. The number of nitrogens with one attached hydrogen (secondary N) is 2. The van der Waals surface area contributed by atoms with Gasteiger partial charge >= 0.3 is 0 Å². The minimum atomic E-state index is -3.80. The Morgan fingerprint density at radius 2 is 1.76 bits per heavy atom. The van der Waals surface area contributed by atoms with E-state index in [1.807, 2.05) is 30.5 Å². The first-order valence-electron chi connectivity index (χ1n) is 10.1. The van der Waals surface area contributed by atoms with E-state index >= 15 is 0 Å². The summed E-state index contributed by atoms with van der Waals surface area (Å²) in [5, 5.41) is 5.59. The first kappa shape index (κ1) is 22.5. The van der Waals surface area contributed by atoms with Crippen LogP contribution in [0.3, 0.4) is 0 Å². The van der Waals surface area contributed by atoms with Crippen molar-refractivity contribution in [1.82, 2.24) is 4.98 Å². The van der Waals surface area contributed by atoms with Crippen LogP contribution in [0.5, 0.6) is 5.75 Å². The van der Waals surface area contributed by atoms with Gasteiger partial charge in [-0.1, -0.05) is 12.1 Å². The minimum Gasteiger partial charge on any atom is -0.494 e. The van der Waals surface area contributed by atoms with Crippen LogP contribution in [0.25, 0.3) is 10.6 Å². The summed E-state index contributed by atoms with van der Waals surface area (Å²) in [6.45, 7) is 2.41. The normalized spacial score (nSPS) is 11.1. The monoisotopic (exact) mass is 479 g/mol. The van der Waals surface area contributed by atoms with E-state index in [1.54, 1.807) is 36.5 Å². The van der Waals surface area contributed by atoms with E-state index in [1.165, 1.54) is 35.6 Å². The van der Waals surface area contributed by atoms with Crippen molar-refractivity contribution in [3.63, 3.8) is 0 Å². The maximum Gasteiger partial charge on any atom is 0.261 e. The van der Waals surface area contributed by atoms with Crippen molar-refractivity contribution in [3.05, 3.63) is 89.9 Å². The molecule has 0 aliphatic rings. The van der Waals surface area contributed by atoms with Gasteiger partial charge in [0.15, 0.2) is 0 Å². The summed E-state index contributed by atoms with van der Waals surface area (Å²) in [6.07, 6.45) is 1.73. The van der Waals surface area contributed by atoms with Crippen LogP contribution in [-0.4, -0.2) is 25.9 Å². The fourth-order valence-electron chi connectivity index (χ4n) is 3.08. The Balaban J connectivity index is 1.44. The van der Waals surface area contributed by atoms with Crippen molar-refractivity contribution in [1.29, 1.82) is 0 Å².